The van der Waals surface area contributed by atoms with Crippen LogP contribution in [0.5, 0.6) is 5.75 Å². The highest BCUT2D eigenvalue weighted by Crippen LogP contribution is 2.35. The minimum Gasteiger partial charge on any atom is -0.496 e. The molecule has 0 saturated heterocycles. The fourth-order valence-electron chi connectivity index (χ4n) is 2.24. The van der Waals surface area contributed by atoms with Crippen LogP contribution in [0.1, 0.15) is 15.2 Å². The van der Waals surface area contributed by atoms with Crippen molar-refractivity contribution in [1.82, 2.24) is 0 Å². The summed E-state index contributed by atoms with van der Waals surface area (Å²) in [7, 11) is 1.64. The van der Waals surface area contributed by atoms with Crippen molar-refractivity contribution in [2.24, 2.45) is 0 Å². The van der Waals surface area contributed by atoms with Gasteiger partial charge in [0.05, 0.1) is 15.8 Å². The van der Waals surface area contributed by atoms with Crippen LogP contribution in [0.3, 0.4) is 0 Å². The van der Waals surface area contributed by atoms with E-state index < -0.39 is 0 Å². The predicted molar refractivity (Wildman–Crippen MR) is 93.7 cm³/mol. The molecule has 1 aromatic heterocycles. The maximum absolute atomic E-state index is 12.8. The Bertz CT molecular complexity index is 820. The first kappa shape index (κ1) is 14.8. The summed E-state index contributed by atoms with van der Waals surface area (Å²) in [5.41, 5.74) is 0.688. The number of halogens is 2. The monoisotopic (exact) mass is 424 g/mol. The van der Waals surface area contributed by atoms with Gasteiger partial charge in [-0.25, -0.2) is 0 Å². The molecule has 0 aliphatic rings. The van der Waals surface area contributed by atoms with E-state index in [1.54, 1.807) is 7.11 Å². The van der Waals surface area contributed by atoms with Crippen LogP contribution in [0.25, 0.3) is 10.8 Å². The summed E-state index contributed by atoms with van der Waals surface area (Å²) in [6, 6.07) is 13.3. The van der Waals surface area contributed by atoms with Gasteiger partial charge in [0.15, 0.2) is 0 Å². The lowest BCUT2D eigenvalue weighted by molar-refractivity contribution is 0.104. The molecule has 0 aliphatic heterocycles. The molecule has 0 unspecified atom stereocenters. The smallest absolute Gasteiger partial charge is 0.203 e. The fraction of sp³-hybridized carbons (Fsp3) is 0.0625. The third-order valence-corrected chi connectivity index (χ3v) is 6.47. The fourth-order valence-corrected chi connectivity index (χ4v) is 4.23. The van der Waals surface area contributed by atoms with Crippen molar-refractivity contribution in [3.8, 4) is 5.75 Å². The summed E-state index contributed by atoms with van der Waals surface area (Å²) >= 11 is 8.27. The number of ether oxygens (including phenoxy) is 1. The van der Waals surface area contributed by atoms with Crippen LogP contribution < -0.4 is 4.74 Å². The number of carbonyl (C=O) groups is 1. The first-order chi connectivity index (χ1) is 10.1. The minimum absolute atomic E-state index is 0.0188. The van der Waals surface area contributed by atoms with Gasteiger partial charge in [-0.1, -0.05) is 24.3 Å². The Morgan fingerprint density at radius 1 is 1.10 bits per heavy atom. The van der Waals surface area contributed by atoms with E-state index >= 15 is 0 Å². The molecule has 0 atom stereocenters. The van der Waals surface area contributed by atoms with Gasteiger partial charge in [0, 0.05) is 15.4 Å². The lowest BCUT2D eigenvalue weighted by Crippen LogP contribution is -2.00. The molecule has 5 heteroatoms. The quantitative estimate of drug-likeness (QED) is 0.505. The number of fused-ring (bicyclic) bond motifs is 1. The van der Waals surface area contributed by atoms with Crippen molar-refractivity contribution in [3.63, 3.8) is 0 Å². The Morgan fingerprint density at radius 3 is 2.43 bits per heavy atom. The minimum atomic E-state index is 0.0188. The average Bonchev–Trinajstić information content (AvgIpc) is 2.85. The molecule has 0 radical (unpaired) electrons. The van der Waals surface area contributed by atoms with Crippen molar-refractivity contribution in [1.29, 1.82) is 0 Å². The lowest BCUT2D eigenvalue weighted by Gasteiger charge is -2.09. The number of benzene rings is 2. The molecule has 21 heavy (non-hydrogen) atoms. The highest BCUT2D eigenvalue weighted by Gasteiger charge is 2.17. The van der Waals surface area contributed by atoms with Gasteiger partial charge in [-0.15, -0.1) is 11.3 Å². The van der Waals surface area contributed by atoms with Crippen LogP contribution in [0.15, 0.2) is 50.7 Å². The number of methoxy groups -OCH3 is 1. The summed E-state index contributed by atoms with van der Waals surface area (Å²) < 4.78 is 7.18. The topological polar surface area (TPSA) is 26.3 Å². The molecular weight excluding hydrogens is 416 g/mol. The summed E-state index contributed by atoms with van der Waals surface area (Å²) in [5.74, 6) is 0.793. The third kappa shape index (κ3) is 2.65. The zero-order valence-corrected chi connectivity index (χ0v) is 15.0. The van der Waals surface area contributed by atoms with Gasteiger partial charge >= 0.3 is 0 Å². The van der Waals surface area contributed by atoms with Crippen LogP contribution >= 0.6 is 43.2 Å². The molecule has 3 aromatic rings. The van der Waals surface area contributed by atoms with Crippen LogP contribution in [0, 0.1) is 0 Å². The van der Waals surface area contributed by atoms with Crippen LogP contribution in [-0.2, 0) is 0 Å². The van der Waals surface area contributed by atoms with Crippen molar-refractivity contribution < 1.29 is 9.53 Å². The molecule has 2 nitrogen and oxygen atoms in total. The second-order valence-corrected chi connectivity index (χ2v) is 7.65. The summed E-state index contributed by atoms with van der Waals surface area (Å²) in [4.78, 5) is 13.5. The molecule has 0 saturated carbocycles. The molecule has 0 spiro atoms. The number of thiophene rings is 1. The van der Waals surface area contributed by atoms with Gasteiger partial charge in [0.2, 0.25) is 5.78 Å². The zero-order chi connectivity index (χ0) is 15.0. The Balaban J connectivity index is 2.19. The van der Waals surface area contributed by atoms with E-state index in [-0.39, 0.29) is 5.78 Å². The maximum Gasteiger partial charge on any atom is 0.203 e. The second kappa shape index (κ2) is 5.91. The molecule has 106 valence electrons. The van der Waals surface area contributed by atoms with Gasteiger partial charge < -0.3 is 4.74 Å². The molecule has 0 aliphatic carbocycles. The molecule has 0 bridgehead atoms. The first-order valence-corrected chi connectivity index (χ1v) is 8.57. The molecule has 0 fully saturated rings. The molecule has 3 rings (SSSR count). The maximum atomic E-state index is 12.8. The van der Waals surface area contributed by atoms with Crippen molar-refractivity contribution in [3.05, 3.63) is 61.2 Å². The SMILES string of the molecule is COc1ccc(C(=O)c2cc(Br)c(Br)s2)c2ccccc12. The summed E-state index contributed by atoms with van der Waals surface area (Å²) in [5, 5.41) is 1.85. The standard InChI is InChI=1S/C16H10Br2O2S/c1-20-13-7-6-11(9-4-2-3-5-10(9)13)15(19)14-8-12(17)16(18)21-14/h2-8H,1H3. The Hall–Kier alpha value is -1.17. The summed E-state index contributed by atoms with van der Waals surface area (Å²) in [6.45, 7) is 0. The number of carbonyl (C=O) groups excluding carboxylic acids is 1. The summed E-state index contributed by atoms with van der Waals surface area (Å²) in [6.07, 6.45) is 0. The second-order valence-electron chi connectivity index (χ2n) is 4.42. The Morgan fingerprint density at radius 2 is 1.81 bits per heavy atom. The average molecular weight is 426 g/mol. The van der Waals surface area contributed by atoms with Gasteiger partial charge in [-0.2, -0.15) is 0 Å². The number of hydrogen-bond donors (Lipinski definition) is 0. The van der Waals surface area contributed by atoms with Gasteiger partial charge in [-0.3, -0.25) is 4.79 Å². The van der Waals surface area contributed by atoms with Crippen molar-refractivity contribution in [2.45, 2.75) is 0 Å². The normalized spacial score (nSPS) is 10.8. The predicted octanol–water partition coefficient (Wildman–Crippen LogP) is 5.67. The molecule has 0 N–H and O–H groups in total. The van der Waals surface area contributed by atoms with E-state index in [9.17, 15) is 4.79 Å². The van der Waals surface area contributed by atoms with E-state index in [1.165, 1.54) is 11.3 Å². The highest BCUT2D eigenvalue weighted by atomic mass is 79.9. The molecule has 0 amide bonds. The third-order valence-electron chi connectivity index (χ3n) is 3.22. The largest absolute Gasteiger partial charge is 0.496 e. The first-order valence-electron chi connectivity index (χ1n) is 6.17. The zero-order valence-electron chi connectivity index (χ0n) is 11.0. The Kier molecular flexibility index (Phi) is 4.15. The molecule has 1 heterocycles. The van der Waals surface area contributed by atoms with E-state index in [4.69, 9.17) is 4.74 Å². The van der Waals surface area contributed by atoms with Gasteiger partial charge in [0.25, 0.3) is 0 Å². The number of rotatable bonds is 3. The van der Waals surface area contributed by atoms with E-state index in [1.807, 2.05) is 42.5 Å². The van der Waals surface area contributed by atoms with Crippen molar-refractivity contribution in [2.75, 3.05) is 7.11 Å². The highest BCUT2D eigenvalue weighted by molar-refractivity contribution is 9.13. The van der Waals surface area contributed by atoms with Gasteiger partial charge in [0.1, 0.15) is 5.75 Å². The van der Waals surface area contributed by atoms with Crippen LogP contribution in [0.4, 0.5) is 0 Å². The lowest BCUT2D eigenvalue weighted by atomic mass is 10.00. The molecule has 2 aromatic carbocycles. The number of hydrogen-bond acceptors (Lipinski definition) is 3. The van der Waals surface area contributed by atoms with E-state index in [2.05, 4.69) is 31.9 Å². The van der Waals surface area contributed by atoms with Gasteiger partial charge in [-0.05, 0) is 55.4 Å². The molecular formula is C16H10Br2O2S. The van der Waals surface area contributed by atoms with Crippen LogP contribution in [-0.4, -0.2) is 12.9 Å². The number of ketones is 1. The van der Waals surface area contributed by atoms with Crippen LogP contribution in [0.2, 0.25) is 0 Å². The Labute approximate surface area is 143 Å². The van der Waals surface area contributed by atoms with E-state index in [0.29, 0.717) is 10.4 Å². The van der Waals surface area contributed by atoms with E-state index in [0.717, 1.165) is 24.8 Å². The van der Waals surface area contributed by atoms with Crippen molar-refractivity contribution >= 4 is 59.8 Å².